The summed E-state index contributed by atoms with van der Waals surface area (Å²) in [5.74, 6) is 1.23. The van der Waals surface area contributed by atoms with Crippen molar-refractivity contribution in [1.82, 2.24) is 15.0 Å². The van der Waals surface area contributed by atoms with Crippen molar-refractivity contribution >= 4 is 32.4 Å². The number of hydrogen-bond acceptors (Lipinski definition) is 3. The Morgan fingerprint density at radius 1 is 0.650 bits per heavy atom. The van der Waals surface area contributed by atoms with Crippen molar-refractivity contribution in [2.45, 2.75) is 19.8 Å². The minimum absolute atomic E-state index is 0. The van der Waals surface area contributed by atoms with Crippen molar-refractivity contribution < 1.29 is 20.1 Å². The zero-order valence-electron chi connectivity index (χ0n) is 22.3. The van der Waals surface area contributed by atoms with Gasteiger partial charge in [0.15, 0.2) is 0 Å². The number of hydrogen-bond donors (Lipinski definition) is 0. The molecule has 0 fully saturated rings. The molecular weight excluding hydrogens is 667 g/mol. The van der Waals surface area contributed by atoms with Gasteiger partial charge in [0.05, 0.1) is 11.3 Å². The van der Waals surface area contributed by atoms with Crippen LogP contribution in [-0.2, 0) is 20.1 Å². The Morgan fingerprint density at radius 3 is 2.17 bits per heavy atom. The summed E-state index contributed by atoms with van der Waals surface area (Å²) in [6.07, 6.45) is 3.79. The van der Waals surface area contributed by atoms with Crippen molar-refractivity contribution in [3.05, 3.63) is 139 Å². The molecule has 0 spiro atoms. The molecule has 7 rings (SSSR count). The van der Waals surface area contributed by atoms with Crippen LogP contribution in [0.4, 0.5) is 0 Å². The van der Waals surface area contributed by atoms with Crippen LogP contribution in [0.3, 0.4) is 0 Å². The topological polar surface area (TPSA) is 38.7 Å². The van der Waals surface area contributed by atoms with Crippen LogP contribution in [0, 0.1) is 12.1 Å². The summed E-state index contributed by atoms with van der Waals surface area (Å²) in [5.41, 5.74) is 5.28. The Balaban J connectivity index is 0.000000158. The van der Waals surface area contributed by atoms with E-state index in [0.717, 1.165) is 27.7 Å². The molecule has 0 aliphatic carbocycles. The Hall–Kier alpha value is -4.24. The van der Waals surface area contributed by atoms with Crippen LogP contribution in [0.1, 0.15) is 25.3 Å². The third kappa shape index (κ3) is 5.70. The first kappa shape index (κ1) is 27.3. The molecule has 0 saturated heterocycles. The van der Waals surface area contributed by atoms with Crippen molar-refractivity contribution in [1.29, 1.82) is 0 Å². The summed E-state index contributed by atoms with van der Waals surface area (Å²) in [7, 11) is 0. The van der Waals surface area contributed by atoms with Crippen molar-refractivity contribution in [2.24, 2.45) is 0 Å². The second kappa shape index (κ2) is 12.3. The molecule has 0 saturated carbocycles. The van der Waals surface area contributed by atoms with Gasteiger partial charge < -0.3 is 4.98 Å². The third-order valence-electron chi connectivity index (χ3n) is 6.87. The van der Waals surface area contributed by atoms with Gasteiger partial charge in [-0.05, 0) is 34.5 Å². The molecular formula is C36H27IrN3-2. The fourth-order valence-electron chi connectivity index (χ4n) is 4.77. The number of nitrogens with zero attached hydrogens (tertiary/aromatic N) is 3. The largest absolute Gasteiger partial charge is 0.305 e. The van der Waals surface area contributed by atoms with E-state index in [1.165, 1.54) is 27.1 Å². The molecule has 3 nitrogen and oxygen atoms in total. The fraction of sp³-hybridized carbons (Fsp3) is 0.0833. The summed E-state index contributed by atoms with van der Waals surface area (Å²) in [5, 5.41) is 5.92. The number of aromatic nitrogens is 3. The molecule has 0 bridgehead atoms. The molecule has 0 atom stereocenters. The molecule has 4 heteroatoms. The van der Waals surface area contributed by atoms with Gasteiger partial charge in [-0.1, -0.05) is 85.5 Å². The number of benzene rings is 5. The first-order valence-electron chi connectivity index (χ1n) is 13.1. The van der Waals surface area contributed by atoms with E-state index in [9.17, 15) is 0 Å². The predicted octanol–water partition coefficient (Wildman–Crippen LogP) is 9.07. The second-order valence-corrected chi connectivity index (χ2v) is 9.76. The monoisotopic (exact) mass is 694 g/mol. The van der Waals surface area contributed by atoms with Crippen LogP contribution in [0.2, 0.25) is 0 Å². The molecule has 7 aromatic rings. The quantitative estimate of drug-likeness (QED) is 0.137. The normalized spacial score (nSPS) is 10.8. The van der Waals surface area contributed by atoms with Gasteiger partial charge >= 0.3 is 0 Å². The van der Waals surface area contributed by atoms with Crippen molar-refractivity contribution in [3.63, 3.8) is 0 Å². The number of fused-ring (bicyclic) bond motifs is 4. The van der Waals surface area contributed by atoms with Gasteiger partial charge in [0.1, 0.15) is 0 Å². The minimum atomic E-state index is 0. The van der Waals surface area contributed by atoms with E-state index < -0.39 is 0 Å². The number of pyridine rings is 1. The first-order chi connectivity index (χ1) is 19.2. The van der Waals surface area contributed by atoms with Gasteiger partial charge in [0.2, 0.25) is 0 Å². The molecule has 197 valence electrons. The Labute approximate surface area is 248 Å². The standard InChI is InChI=1S/C18H11N2.C18H16N.Ir/c1-2-7-14(8-3-1)18-19-12-16-15-9-5-4-6-13(15)10-11-17(16)20-18;1-13(2)15-10-11-19-18(12-15)17-9-5-7-14-6-3-4-8-16(14)17;/h1-7,9-12H;3-8,10-13H,1-2H3;/q2*-1;. The van der Waals surface area contributed by atoms with Crippen molar-refractivity contribution in [3.8, 4) is 22.6 Å². The molecule has 2 aromatic heterocycles. The summed E-state index contributed by atoms with van der Waals surface area (Å²) in [6, 6.07) is 43.4. The molecule has 5 aromatic carbocycles. The Kier molecular flexibility index (Phi) is 8.40. The Morgan fingerprint density at radius 2 is 1.40 bits per heavy atom. The summed E-state index contributed by atoms with van der Waals surface area (Å²) in [4.78, 5) is 13.6. The van der Waals surface area contributed by atoms with Crippen LogP contribution < -0.4 is 0 Å². The predicted molar refractivity (Wildman–Crippen MR) is 161 cm³/mol. The van der Waals surface area contributed by atoms with Gasteiger partial charge in [0, 0.05) is 37.9 Å². The molecule has 2 heterocycles. The maximum absolute atomic E-state index is 4.65. The van der Waals surface area contributed by atoms with Crippen molar-refractivity contribution in [2.75, 3.05) is 0 Å². The smallest absolute Gasteiger partial charge is 0.0755 e. The van der Waals surface area contributed by atoms with Gasteiger partial charge in [-0.15, -0.1) is 65.0 Å². The number of rotatable bonds is 3. The SMILES string of the molecule is CC(C)c1ccnc(-c2[c-]ccc3ccccc23)c1.[Ir].[c-]1ccccc1-c1ncc2c(ccc3ccccc32)n1. The molecule has 0 unspecified atom stereocenters. The maximum atomic E-state index is 4.65. The fourth-order valence-corrected chi connectivity index (χ4v) is 4.77. The van der Waals surface area contributed by atoms with Crippen LogP contribution in [0.5, 0.6) is 0 Å². The molecule has 40 heavy (non-hydrogen) atoms. The van der Waals surface area contributed by atoms with Crippen LogP contribution >= 0.6 is 0 Å². The van der Waals surface area contributed by atoms with E-state index in [0.29, 0.717) is 11.7 Å². The first-order valence-corrected chi connectivity index (χ1v) is 13.1. The maximum Gasteiger partial charge on any atom is 0.0755 e. The zero-order chi connectivity index (χ0) is 26.6. The van der Waals surface area contributed by atoms with E-state index in [1.54, 1.807) is 0 Å². The van der Waals surface area contributed by atoms with Crippen LogP contribution in [0.25, 0.3) is 55.1 Å². The van der Waals surface area contributed by atoms with Crippen LogP contribution in [0.15, 0.2) is 122 Å². The van der Waals surface area contributed by atoms with Crippen LogP contribution in [-0.4, -0.2) is 15.0 Å². The minimum Gasteiger partial charge on any atom is -0.305 e. The van der Waals surface area contributed by atoms with E-state index in [1.807, 2.05) is 60.9 Å². The third-order valence-corrected chi connectivity index (χ3v) is 6.87. The summed E-state index contributed by atoms with van der Waals surface area (Å²) < 4.78 is 0. The molecule has 0 aliphatic rings. The molecule has 0 aliphatic heterocycles. The summed E-state index contributed by atoms with van der Waals surface area (Å²) in [6.45, 7) is 4.40. The molecule has 1 radical (unpaired) electrons. The second-order valence-electron chi connectivity index (χ2n) is 9.76. The van der Waals surface area contributed by atoms with E-state index in [4.69, 9.17) is 0 Å². The van der Waals surface area contributed by atoms with E-state index >= 15 is 0 Å². The Bertz CT molecular complexity index is 1890. The average Bonchev–Trinajstić information content (AvgIpc) is 3.01. The van der Waals surface area contributed by atoms with E-state index in [2.05, 4.69) is 102 Å². The molecule has 0 N–H and O–H groups in total. The molecule has 0 amide bonds. The van der Waals surface area contributed by atoms with Gasteiger partial charge in [0.25, 0.3) is 0 Å². The van der Waals surface area contributed by atoms with Gasteiger partial charge in [-0.2, -0.15) is 0 Å². The summed E-state index contributed by atoms with van der Waals surface area (Å²) >= 11 is 0. The van der Waals surface area contributed by atoms with Gasteiger partial charge in [-0.3, -0.25) is 9.97 Å². The zero-order valence-corrected chi connectivity index (χ0v) is 24.7. The average molecular weight is 694 g/mol. The van der Waals surface area contributed by atoms with E-state index in [-0.39, 0.29) is 20.1 Å². The van der Waals surface area contributed by atoms with Gasteiger partial charge in [-0.25, -0.2) is 0 Å².